The van der Waals surface area contributed by atoms with Crippen molar-refractivity contribution < 1.29 is 9.53 Å². The Hall–Kier alpha value is -1.73. The SMILES string of the molecule is Cc1cc(N[C@H]2CC[C@@H](C(=O)NC3CCC3)CN(C3CCOCC3)C2)ncn1. The number of carbonyl (C=O) groups excluding carboxylic acids is 1. The summed E-state index contributed by atoms with van der Waals surface area (Å²) in [5, 5.41) is 6.88. The second-order valence-electron chi connectivity index (χ2n) is 8.59. The summed E-state index contributed by atoms with van der Waals surface area (Å²) in [5.41, 5.74) is 0.963. The quantitative estimate of drug-likeness (QED) is 0.806. The number of ether oxygens (including phenoxy) is 1. The smallest absolute Gasteiger partial charge is 0.224 e. The van der Waals surface area contributed by atoms with Crippen LogP contribution >= 0.6 is 0 Å². The molecule has 4 rings (SSSR count). The van der Waals surface area contributed by atoms with Gasteiger partial charge in [0.15, 0.2) is 0 Å². The first-order valence-corrected chi connectivity index (χ1v) is 10.8. The number of hydrogen-bond acceptors (Lipinski definition) is 6. The van der Waals surface area contributed by atoms with E-state index in [0.717, 1.165) is 76.3 Å². The molecule has 1 saturated carbocycles. The highest BCUT2D eigenvalue weighted by molar-refractivity contribution is 5.79. The molecule has 1 aromatic heterocycles. The molecule has 0 bridgehead atoms. The average Bonchev–Trinajstić information content (AvgIpc) is 2.88. The summed E-state index contributed by atoms with van der Waals surface area (Å²) < 4.78 is 5.57. The standard InChI is InChI=1S/C21H33N5O2/c1-15-11-20(23-14-22-15)24-18-6-5-16(21(27)25-17-3-2-4-17)12-26(13-18)19-7-9-28-10-8-19/h11,14,16-19H,2-10,12-13H2,1H3,(H,25,27)(H,22,23,24)/t16-,18+/m1/s1. The van der Waals surface area contributed by atoms with Crippen molar-refractivity contribution in [3.05, 3.63) is 18.1 Å². The minimum absolute atomic E-state index is 0.0716. The molecule has 7 nitrogen and oxygen atoms in total. The van der Waals surface area contributed by atoms with Crippen LogP contribution in [-0.4, -0.2) is 65.2 Å². The van der Waals surface area contributed by atoms with Crippen molar-refractivity contribution in [3.63, 3.8) is 0 Å². The van der Waals surface area contributed by atoms with Gasteiger partial charge in [-0.1, -0.05) is 0 Å². The number of aromatic nitrogens is 2. The molecule has 2 saturated heterocycles. The van der Waals surface area contributed by atoms with Crippen molar-refractivity contribution in [2.45, 2.75) is 70.0 Å². The van der Waals surface area contributed by atoms with Gasteiger partial charge < -0.3 is 15.4 Å². The van der Waals surface area contributed by atoms with E-state index in [9.17, 15) is 4.79 Å². The predicted molar refractivity (Wildman–Crippen MR) is 108 cm³/mol. The zero-order chi connectivity index (χ0) is 19.3. The van der Waals surface area contributed by atoms with Gasteiger partial charge in [-0.2, -0.15) is 0 Å². The van der Waals surface area contributed by atoms with Gasteiger partial charge in [-0.15, -0.1) is 0 Å². The molecule has 2 aliphatic heterocycles. The minimum atomic E-state index is 0.0716. The molecular weight excluding hydrogens is 354 g/mol. The van der Waals surface area contributed by atoms with Crippen LogP contribution < -0.4 is 10.6 Å². The number of anilines is 1. The first kappa shape index (κ1) is 19.6. The highest BCUT2D eigenvalue weighted by Crippen LogP contribution is 2.26. The molecule has 28 heavy (non-hydrogen) atoms. The molecule has 0 aromatic carbocycles. The van der Waals surface area contributed by atoms with Gasteiger partial charge in [0.05, 0.1) is 5.92 Å². The lowest BCUT2D eigenvalue weighted by atomic mass is 9.91. The molecule has 1 amide bonds. The van der Waals surface area contributed by atoms with E-state index in [4.69, 9.17) is 4.74 Å². The highest BCUT2D eigenvalue weighted by atomic mass is 16.5. The van der Waals surface area contributed by atoms with Crippen LogP contribution in [0.5, 0.6) is 0 Å². The minimum Gasteiger partial charge on any atom is -0.381 e. The molecule has 0 radical (unpaired) electrons. The van der Waals surface area contributed by atoms with E-state index in [1.54, 1.807) is 6.33 Å². The monoisotopic (exact) mass is 387 g/mol. The summed E-state index contributed by atoms with van der Waals surface area (Å²) >= 11 is 0. The zero-order valence-electron chi connectivity index (χ0n) is 16.9. The van der Waals surface area contributed by atoms with Crippen LogP contribution in [-0.2, 0) is 9.53 Å². The van der Waals surface area contributed by atoms with Gasteiger partial charge in [0.25, 0.3) is 0 Å². The number of nitrogens with one attached hydrogen (secondary N) is 2. The highest BCUT2D eigenvalue weighted by Gasteiger charge is 2.34. The summed E-state index contributed by atoms with van der Waals surface area (Å²) in [7, 11) is 0. The van der Waals surface area contributed by atoms with Gasteiger partial charge in [-0.25, -0.2) is 9.97 Å². The Bertz CT molecular complexity index is 660. The van der Waals surface area contributed by atoms with Gasteiger partial charge in [0.1, 0.15) is 12.1 Å². The van der Waals surface area contributed by atoms with E-state index in [2.05, 4.69) is 25.5 Å². The number of rotatable bonds is 5. The lowest BCUT2D eigenvalue weighted by Gasteiger charge is -2.36. The third kappa shape index (κ3) is 5.00. The molecule has 3 aliphatic rings. The second kappa shape index (κ2) is 9.18. The topological polar surface area (TPSA) is 79.4 Å². The van der Waals surface area contributed by atoms with Crippen LogP contribution in [0.15, 0.2) is 12.4 Å². The number of hydrogen-bond donors (Lipinski definition) is 2. The molecule has 2 N–H and O–H groups in total. The fraction of sp³-hybridized carbons (Fsp3) is 0.762. The molecule has 0 spiro atoms. The molecule has 0 unspecified atom stereocenters. The van der Waals surface area contributed by atoms with E-state index in [-0.39, 0.29) is 11.8 Å². The van der Waals surface area contributed by atoms with Crippen LogP contribution in [0.25, 0.3) is 0 Å². The molecule has 2 atom stereocenters. The van der Waals surface area contributed by atoms with Crippen molar-refractivity contribution in [1.29, 1.82) is 0 Å². The maximum Gasteiger partial charge on any atom is 0.224 e. The Labute approximate surface area is 167 Å². The molecule has 154 valence electrons. The fourth-order valence-electron chi connectivity index (χ4n) is 4.52. The second-order valence-corrected chi connectivity index (χ2v) is 8.59. The van der Waals surface area contributed by atoms with Gasteiger partial charge in [0, 0.05) is 56.2 Å². The van der Waals surface area contributed by atoms with Crippen LogP contribution in [0.3, 0.4) is 0 Å². The lowest BCUT2D eigenvalue weighted by Crippen LogP contribution is -2.48. The van der Waals surface area contributed by atoms with Crippen molar-refractivity contribution >= 4 is 11.7 Å². The summed E-state index contributed by atoms with van der Waals surface area (Å²) in [6.07, 6.45) is 9.13. The Kier molecular flexibility index (Phi) is 6.42. The van der Waals surface area contributed by atoms with Gasteiger partial charge >= 0.3 is 0 Å². The van der Waals surface area contributed by atoms with E-state index in [0.29, 0.717) is 18.1 Å². The van der Waals surface area contributed by atoms with E-state index < -0.39 is 0 Å². The maximum absolute atomic E-state index is 12.9. The Balaban J connectivity index is 1.44. The molecule has 3 fully saturated rings. The van der Waals surface area contributed by atoms with Crippen molar-refractivity contribution in [1.82, 2.24) is 20.2 Å². The largest absolute Gasteiger partial charge is 0.381 e. The number of likely N-dealkylation sites (tertiary alicyclic amines) is 1. The molecule has 7 heteroatoms. The normalized spacial score (nSPS) is 27.6. The first-order chi connectivity index (χ1) is 13.7. The average molecular weight is 388 g/mol. The Morgan fingerprint density at radius 1 is 1.07 bits per heavy atom. The van der Waals surface area contributed by atoms with Crippen LogP contribution in [0, 0.1) is 12.8 Å². The Morgan fingerprint density at radius 2 is 1.89 bits per heavy atom. The van der Waals surface area contributed by atoms with Gasteiger partial charge in [-0.05, 0) is 51.9 Å². The van der Waals surface area contributed by atoms with Gasteiger partial charge in [0.2, 0.25) is 5.91 Å². The summed E-state index contributed by atoms with van der Waals surface area (Å²) in [5.74, 6) is 1.20. The summed E-state index contributed by atoms with van der Waals surface area (Å²) in [4.78, 5) is 24.0. The summed E-state index contributed by atoms with van der Waals surface area (Å²) in [6.45, 7) is 5.42. The molecule has 1 aromatic rings. The van der Waals surface area contributed by atoms with Crippen molar-refractivity contribution in [2.75, 3.05) is 31.6 Å². The molecule has 3 heterocycles. The number of carbonyl (C=O) groups is 1. The third-order valence-corrected chi connectivity index (χ3v) is 6.46. The first-order valence-electron chi connectivity index (χ1n) is 10.8. The molecule has 1 aliphatic carbocycles. The van der Waals surface area contributed by atoms with Crippen LogP contribution in [0.2, 0.25) is 0 Å². The number of amides is 1. The van der Waals surface area contributed by atoms with E-state index >= 15 is 0 Å². The number of aryl methyl sites for hydroxylation is 1. The van der Waals surface area contributed by atoms with Crippen molar-refractivity contribution in [2.24, 2.45) is 5.92 Å². The fourth-order valence-corrected chi connectivity index (χ4v) is 4.52. The Morgan fingerprint density at radius 3 is 2.61 bits per heavy atom. The maximum atomic E-state index is 12.9. The zero-order valence-corrected chi connectivity index (χ0v) is 16.9. The lowest BCUT2D eigenvalue weighted by molar-refractivity contribution is -0.127. The predicted octanol–water partition coefficient (Wildman–Crippen LogP) is 2.13. The third-order valence-electron chi connectivity index (χ3n) is 6.46. The van der Waals surface area contributed by atoms with Crippen LogP contribution in [0.1, 0.15) is 50.6 Å². The van der Waals surface area contributed by atoms with Crippen molar-refractivity contribution in [3.8, 4) is 0 Å². The van der Waals surface area contributed by atoms with Gasteiger partial charge in [-0.3, -0.25) is 9.69 Å². The number of nitrogens with zero attached hydrogens (tertiary/aromatic N) is 3. The van der Waals surface area contributed by atoms with E-state index in [1.165, 1.54) is 6.42 Å². The van der Waals surface area contributed by atoms with E-state index in [1.807, 2.05) is 13.0 Å². The summed E-state index contributed by atoms with van der Waals surface area (Å²) in [6, 6.07) is 3.19. The molecular formula is C21H33N5O2. The van der Waals surface area contributed by atoms with Crippen LogP contribution in [0.4, 0.5) is 5.82 Å².